The summed E-state index contributed by atoms with van der Waals surface area (Å²) in [6.45, 7) is 5.57. The Labute approximate surface area is 161 Å². The lowest BCUT2D eigenvalue weighted by Gasteiger charge is -2.31. The average Bonchev–Trinajstić information content (AvgIpc) is 3.15. The van der Waals surface area contributed by atoms with Gasteiger partial charge < -0.3 is 4.90 Å². The van der Waals surface area contributed by atoms with E-state index in [4.69, 9.17) is 4.98 Å². The largest absolute Gasteiger partial charge is 0.303 e. The normalized spacial score (nSPS) is 15.9. The highest BCUT2D eigenvalue weighted by Gasteiger charge is 2.21. The molecule has 3 aromatic rings. The number of piperidine rings is 1. The van der Waals surface area contributed by atoms with Crippen LogP contribution in [0.1, 0.15) is 42.3 Å². The van der Waals surface area contributed by atoms with Gasteiger partial charge in [-0.25, -0.2) is 9.97 Å². The van der Waals surface area contributed by atoms with Crippen molar-refractivity contribution in [2.45, 2.75) is 38.5 Å². The van der Waals surface area contributed by atoms with Crippen molar-refractivity contribution in [2.75, 3.05) is 19.6 Å². The van der Waals surface area contributed by atoms with Crippen molar-refractivity contribution >= 4 is 0 Å². The summed E-state index contributed by atoms with van der Waals surface area (Å²) in [5, 5.41) is 0. The van der Waals surface area contributed by atoms with Crippen LogP contribution in [-0.2, 0) is 6.42 Å². The Bertz CT molecular complexity index is 848. The molecule has 4 heteroatoms. The number of aromatic nitrogens is 3. The van der Waals surface area contributed by atoms with E-state index in [0.29, 0.717) is 5.92 Å². The van der Waals surface area contributed by atoms with Crippen molar-refractivity contribution in [2.24, 2.45) is 0 Å². The van der Waals surface area contributed by atoms with E-state index in [1.807, 2.05) is 19.3 Å². The summed E-state index contributed by atoms with van der Waals surface area (Å²) < 4.78 is 2.06. The quantitative estimate of drug-likeness (QED) is 0.654. The highest BCUT2D eigenvalue weighted by molar-refractivity contribution is 5.28. The van der Waals surface area contributed by atoms with Crippen LogP contribution in [-0.4, -0.2) is 39.1 Å². The summed E-state index contributed by atoms with van der Waals surface area (Å²) in [5.74, 6) is 2.53. The van der Waals surface area contributed by atoms with Gasteiger partial charge in [-0.2, -0.15) is 0 Å². The number of hydrogen-bond acceptors (Lipinski definition) is 3. The Morgan fingerprint density at radius 3 is 2.56 bits per heavy atom. The minimum absolute atomic E-state index is 0.569. The Morgan fingerprint density at radius 2 is 1.81 bits per heavy atom. The van der Waals surface area contributed by atoms with Gasteiger partial charge >= 0.3 is 0 Å². The van der Waals surface area contributed by atoms with E-state index in [9.17, 15) is 0 Å². The number of aryl methyl sites for hydroxylation is 2. The third-order valence-electron chi connectivity index (χ3n) is 5.62. The fourth-order valence-corrected chi connectivity index (χ4v) is 4.02. The molecule has 0 radical (unpaired) electrons. The Balaban J connectivity index is 1.30. The van der Waals surface area contributed by atoms with Crippen LogP contribution in [0.4, 0.5) is 0 Å². The molecule has 1 aliphatic heterocycles. The summed E-state index contributed by atoms with van der Waals surface area (Å²) >= 11 is 0. The van der Waals surface area contributed by atoms with Gasteiger partial charge in [0.25, 0.3) is 0 Å². The molecule has 0 atom stereocenters. The maximum atomic E-state index is 4.93. The summed E-state index contributed by atoms with van der Waals surface area (Å²) in [7, 11) is 0. The lowest BCUT2D eigenvalue weighted by atomic mass is 9.93. The highest BCUT2D eigenvalue weighted by Crippen LogP contribution is 2.27. The van der Waals surface area contributed by atoms with Crippen LogP contribution in [0, 0.1) is 6.92 Å². The molecule has 2 aromatic heterocycles. The molecule has 0 unspecified atom stereocenters. The second kappa shape index (κ2) is 8.49. The van der Waals surface area contributed by atoms with Crippen LogP contribution < -0.4 is 0 Å². The first-order valence-electron chi connectivity index (χ1n) is 10.0. The lowest BCUT2D eigenvalue weighted by molar-refractivity contribution is 0.209. The van der Waals surface area contributed by atoms with Crippen molar-refractivity contribution in [1.29, 1.82) is 0 Å². The van der Waals surface area contributed by atoms with E-state index in [0.717, 1.165) is 11.6 Å². The molecule has 0 N–H and O–H groups in total. The summed E-state index contributed by atoms with van der Waals surface area (Å²) in [5.41, 5.74) is 2.67. The molecular weight excluding hydrogens is 332 g/mol. The van der Waals surface area contributed by atoms with Crippen LogP contribution >= 0.6 is 0 Å². The van der Waals surface area contributed by atoms with Crippen molar-refractivity contribution in [1.82, 2.24) is 19.4 Å². The maximum absolute atomic E-state index is 4.93. The number of benzene rings is 1. The average molecular weight is 361 g/mol. The topological polar surface area (TPSA) is 34.0 Å². The first-order chi connectivity index (χ1) is 13.3. The zero-order valence-electron chi connectivity index (χ0n) is 16.1. The van der Waals surface area contributed by atoms with Crippen molar-refractivity contribution in [3.63, 3.8) is 0 Å². The minimum atomic E-state index is 0.569. The summed E-state index contributed by atoms with van der Waals surface area (Å²) in [4.78, 5) is 11.9. The summed E-state index contributed by atoms with van der Waals surface area (Å²) in [6, 6.07) is 17.2. The van der Waals surface area contributed by atoms with Gasteiger partial charge in [0.05, 0.1) is 0 Å². The SMILES string of the molecule is Cc1nccn1-c1cccc(C2CCN(CCCc3ccccc3)CC2)n1. The van der Waals surface area contributed by atoms with Crippen molar-refractivity contribution in [3.8, 4) is 5.82 Å². The first-order valence-corrected chi connectivity index (χ1v) is 10.0. The molecule has 1 aromatic carbocycles. The van der Waals surface area contributed by atoms with Gasteiger partial charge in [0, 0.05) is 24.0 Å². The monoisotopic (exact) mass is 360 g/mol. The molecule has 27 heavy (non-hydrogen) atoms. The van der Waals surface area contributed by atoms with E-state index in [1.54, 1.807) is 0 Å². The molecule has 0 saturated carbocycles. The lowest BCUT2D eigenvalue weighted by Crippen LogP contribution is -2.34. The second-order valence-corrected chi connectivity index (χ2v) is 7.47. The van der Waals surface area contributed by atoms with E-state index < -0.39 is 0 Å². The molecule has 4 rings (SSSR count). The molecule has 1 aliphatic rings. The van der Waals surface area contributed by atoms with Crippen molar-refractivity contribution < 1.29 is 0 Å². The zero-order chi connectivity index (χ0) is 18.5. The maximum Gasteiger partial charge on any atom is 0.138 e. The fourth-order valence-electron chi connectivity index (χ4n) is 4.02. The van der Waals surface area contributed by atoms with Gasteiger partial charge in [-0.3, -0.25) is 4.57 Å². The predicted molar refractivity (Wildman–Crippen MR) is 109 cm³/mol. The van der Waals surface area contributed by atoms with E-state index in [1.165, 1.54) is 56.6 Å². The number of hydrogen-bond donors (Lipinski definition) is 0. The number of imidazole rings is 1. The molecule has 0 aliphatic carbocycles. The third kappa shape index (κ3) is 4.45. The Kier molecular flexibility index (Phi) is 5.64. The molecule has 0 spiro atoms. The number of likely N-dealkylation sites (tertiary alicyclic amines) is 1. The van der Waals surface area contributed by atoms with Gasteiger partial charge in [-0.1, -0.05) is 36.4 Å². The van der Waals surface area contributed by atoms with Crippen molar-refractivity contribution in [3.05, 3.63) is 78.0 Å². The highest BCUT2D eigenvalue weighted by atomic mass is 15.1. The third-order valence-corrected chi connectivity index (χ3v) is 5.62. The number of nitrogens with zero attached hydrogens (tertiary/aromatic N) is 4. The van der Waals surface area contributed by atoms with Gasteiger partial charge in [-0.05, 0) is 69.9 Å². The Hall–Kier alpha value is -2.46. The molecule has 0 bridgehead atoms. The van der Waals surface area contributed by atoms with E-state index in [-0.39, 0.29) is 0 Å². The molecule has 3 heterocycles. The molecule has 140 valence electrons. The molecule has 1 fully saturated rings. The molecule has 1 saturated heterocycles. The first kappa shape index (κ1) is 17.9. The smallest absolute Gasteiger partial charge is 0.138 e. The van der Waals surface area contributed by atoms with Gasteiger partial charge in [0.1, 0.15) is 11.6 Å². The Morgan fingerprint density at radius 1 is 1.00 bits per heavy atom. The van der Waals surface area contributed by atoms with Crippen LogP contribution in [0.25, 0.3) is 5.82 Å². The second-order valence-electron chi connectivity index (χ2n) is 7.47. The van der Waals surface area contributed by atoms with Crippen LogP contribution in [0.5, 0.6) is 0 Å². The standard InChI is InChI=1S/C23H28N4/c1-19-24-14-18-27(19)23-11-5-10-22(25-23)21-12-16-26(17-13-21)15-6-9-20-7-3-2-4-8-20/h2-5,7-8,10-11,14,18,21H,6,9,12-13,15-17H2,1H3. The minimum Gasteiger partial charge on any atom is -0.303 e. The van der Waals surface area contributed by atoms with Gasteiger partial charge in [-0.15, -0.1) is 0 Å². The molecular formula is C23H28N4. The van der Waals surface area contributed by atoms with Crippen LogP contribution in [0.2, 0.25) is 0 Å². The van der Waals surface area contributed by atoms with E-state index >= 15 is 0 Å². The van der Waals surface area contributed by atoms with Crippen LogP contribution in [0.3, 0.4) is 0 Å². The van der Waals surface area contributed by atoms with Gasteiger partial charge in [0.2, 0.25) is 0 Å². The predicted octanol–water partition coefficient (Wildman–Crippen LogP) is 4.39. The molecule has 0 amide bonds. The number of rotatable bonds is 6. The van der Waals surface area contributed by atoms with Crippen LogP contribution in [0.15, 0.2) is 60.9 Å². The van der Waals surface area contributed by atoms with Gasteiger partial charge in [0.15, 0.2) is 0 Å². The zero-order valence-corrected chi connectivity index (χ0v) is 16.1. The summed E-state index contributed by atoms with van der Waals surface area (Å²) in [6.07, 6.45) is 8.63. The van der Waals surface area contributed by atoms with E-state index in [2.05, 4.69) is 63.0 Å². The molecule has 4 nitrogen and oxygen atoms in total. The number of pyridine rings is 1. The fraction of sp³-hybridized carbons (Fsp3) is 0.391.